The summed E-state index contributed by atoms with van der Waals surface area (Å²) >= 11 is 1.61. The SMILES string of the molecule is Cc1occc1-c1nnc(SCc2ccc(C#N)cc2)n1-c1ccccc1. The molecule has 0 N–H and O–H groups in total. The lowest BCUT2D eigenvalue weighted by atomic mass is 10.2. The second-order valence-corrected chi connectivity index (χ2v) is 6.91. The first-order chi connectivity index (χ1) is 13.3. The van der Waals surface area contributed by atoms with E-state index in [9.17, 15) is 0 Å². The van der Waals surface area contributed by atoms with Gasteiger partial charge in [-0.1, -0.05) is 42.1 Å². The molecule has 27 heavy (non-hydrogen) atoms. The van der Waals surface area contributed by atoms with Crippen molar-refractivity contribution in [3.63, 3.8) is 0 Å². The lowest BCUT2D eigenvalue weighted by Crippen LogP contribution is -1.99. The number of para-hydroxylation sites is 1. The monoisotopic (exact) mass is 372 g/mol. The Labute approximate surface area is 161 Å². The maximum atomic E-state index is 8.93. The van der Waals surface area contributed by atoms with Gasteiger partial charge in [-0.2, -0.15) is 5.26 Å². The molecule has 2 heterocycles. The van der Waals surface area contributed by atoms with Crippen LogP contribution < -0.4 is 0 Å². The van der Waals surface area contributed by atoms with Crippen LogP contribution in [0.4, 0.5) is 0 Å². The van der Waals surface area contributed by atoms with Crippen molar-refractivity contribution in [2.75, 3.05) is 0 Å². The first-order valence-electron chi connectivity index (χ1n) is 8.43. The third kappa shape index (κ3) is 3.50. The van der Waals surface area contributed by atoms with E-state index in [4.69, 9.17) is 9.68 Å². The van der Waals surface area contributed by atoms with Gasteiger partial charge < -0.3 is 4.42 Å². The lowest BCUT2D eigenvalue weighted by Gasteiger charge is -2.10. The molecule has 0 saturated heterocycles. The molecule has 0 unspecified atom stereocenters. The smallest absolute Gasteiger partial charge is 0.196 e. The van der Waals surface area contributed by atoms with Gasteiger partial charge in [0.15, 0.2) is 11.0 Å². The van der Waals surface area contributed by atoms with Gasteiger partial charge in [0.05, 0.1) is 23.5 Å². The zero-order valence-electron chi connectivity index (χ0n) is 14.7. The first kappa shape index (κ1) is 17.1. The van der Waals surface area contributed by atoms with Crippen LogP contribution in [0.2, 0.25) is 0 Å². The van der Waals surface area contributed by atoms with E-state index in [-0.39, 0.29) is 0 Å². The largest absolute Gasteiger partial charge is 0.469 e. The van der Waals surface area contributed by atoms with Crippen molar-refractivity contribution in [3.8, 4) is 23.1 Å². The third-order valence-corrected chi connectivity index (χ3v) is 5.20. The number of nitriles is 1. The van der Waals surface area contributed by atoms with Gasteiger partial charge >= 0.3 is 0 Å². The third-order valence-electron chi connectivity index (χ3n) is 4.20. The van der Waals surface area contributed by atoms with Gasteiger partial charge in [0.2, 0.25) is 0 Å². The predicted octanol–water partition coefficient (Wildman–Crippen LogP) is 5.00. The standard InChI is InChI=1S/C21H16N4OS/c1-15-19(11-12-26-15)20-23-24-21(25(20)18-5-3-2-4-6-18)27-14-17-9-7-16(13-22)8-10-17/h2-12H,14H2,1H3. The van der Waals surface area contributed by atoms with Gasteiger partial charge in [-0.15, -0.1) is 10.2 Å². The molecule has 2 aromatic carbocycles. The molecule has 0 fully saturated rings. The summed E-state index contributed by atoms with van der Waals surface area (Å²) < 4.78 is 7.50. The van der Waals surface area contributed by atoms with Gasteiger partial charge in [-0.05, 0) is 42.8 Å². The summed E-state index contributed by atoms with van der Waals surface area (Å²) in [5.74, 6) is 2.30. The number of furan rings is 1. The van der Waals surface area contributed by atoms with Crippen LogP contribution in [-0.4, -0.2) is 14.8 Å². The number of hydrogen-bond acceptors (Lipinski definition) is 5. The van der Waals surface area contributed by atoms with E-state index >= 15 is 0 Å². The topological polar surface area (TPSA) is 67.6 Å². The normalized spacial score (nSPS) is 10.7. The number of benzene rings is 2. The second-order valence-electron chi connectivity index (χ2n) is 5.97. The number of thioether (sulfide) groups is 1. The number of nitrogens with zero attached hydrogens (tertiary/aromatic N) is 4. The molecule has 0 saturated carbocycles. The fourth-order valence-corrected chi connectivity index (χ4v) is 3.70. The Morgan fingerprint density at radius 1 is 1.04 bits per heavy atom. The molecule has 0 aliphatic carbocycles. The van der Waals surface area contributed by atoms with Crippen molar-refractivity contribution in [2.45, 2.75) is 17.8 Å². The summed E-state index contributed by atoms with van der Waals surface area (Å²) in [5, 5.41) is 18.6. The molecule has 6 heteroatoms. The van der Waals surface area contributed by atoms with Crippen LogP contribution >= 0.6 is 11.8 Å². The minimum Gasteiger partial charge on any atom is -0.469 e. The zero-order valence-corrected chi connectivity index (χ0v) is 15.5. The average molecular weight is 372 g/mol. The van der Waals surface area contributed by atoms with E-state index in [0.717, 1.165) is 39.3 Å². The molecule has 0 amide bonds. The number of aryl methyl sites for hydroxylation is 1. The van der Waals surface area contributed by atoms with Gasteiger partial charge in [0.1, 0.15) is 5.76 Å². The van der Waals surface area contributed by atoms with E-state index in [1.165, 1.54) is 0 Å². The Hall–Kier alpha value is -3.30. The van der Waals surface area contributed by atoms with Crippen LogP contribution in [0.1, 0.15) is 16.9 Å². The quantitative estimate of drug-likeness (QED) is 0.461. The summed E-state index contributed by atoms with van der Waals surface area (Å²) in [6.45, 7) is 1.92. The van der Waals surface area contributed by atoms with Gasteiger partial charge in [0, 0.05) is 11.4 Å². The van der Waals surface area contributed by atoms with Crippen molar-refractivity contribution in [2.24, 2.45) is 0 Å². The Bertz CT molecular complexity index is 1090. The Balaban J connectivity index is 1.69. The molecule has 0 bridgehead atoms. The highest BCUT2D eigenvalue weighted by atomic mass is 32.2. The van der Waals surface area contributed by atoms with Gasteiger partial charge in [-0.3, -0.25) is 4.57 Å². The number of aromatic nitrogens is 3. The highest BCUT2D eigenvalue weighted by Gasteiger charge is 2.18. The highest BCUT2D eigenvalue weighted by Crippen LogP contribution is 2.31. The molecule has 4 rings (SSSR count). The second kappa shape index (κ2) is 7.52. The van der Waals surface area contributed by atoms with Crippen molar-refractivity contribution in [1.82, 2.24) is 14.8 Å². The lowest BCUT2D eigenvalue weighted by molar-refractivity contribution is 0.535. The van der Waals surface area contributed by atoms with E-state index in [2.05, 4.69) is 16.3 Å². The molecule has 0 aliphatic heterocycles. The Kier molecular flexibility index (Phi) is 4.77. The van der Waals surface area contributed by atoms with Crippen molar-refractivity contribution < 1.29 is 4.42 Å². The minimum atomic E-state index is 0.661. The molecule has 0 aliphatic rings. The van der Waals surface area contributed by atoms with Gasteiger partial charge in [0.25, 0.3) is 0 Å². The average Bonchev–Trinajstić information content (AvgIpc) is 3.33. The summed E-state index contributed by atoms with van der Waals surface area (Å²) in [5.41, 5.74) is 3.72. The van der Waals surface area contributed by atoms with Crippen molar-refractivity contribution >= 4 is 11.8 Å². The van der Waals surface area contributed by atoms with E-state index in [1.54, 1.807) is 18.0 Å². The number of rotatable bonds is 5. The summed E-state index contributed by atoms with van der Waals surface area (Å²) in [6, 6.07) is 21.7. The summed E-state index contributed by atoms with van der Waals surface area (Å²) in [6.07, 6.45) is 1.66. The molecule has 4 aromatic rings. The summed E-state index contributed by atoms with van der Waals surface area (Å²) in [7, 11) is 0. The fraction of sp³-hybridized carbons (Fsp3) is 0.0952. The molecule has 0 radical (unpaired) electrons. The molecule has 132 valence electrons. The van der Waals surface area contributed by atoms with Crippen LogP contribution in [0.3, 0.4) is 0 Å². The van der Waals surface area contributed by atoms with Crippen LogP contribution in [0.25, 0.3) is 17.1 Å². The highest BCUT2D eigenvalue weighted by molar-refractivity contribution is 7.98. The molecular formula is C21H16N4OS. The Morgan fingerprint density at radius 2 is 1.81 bits per heavy atom. The molecule has 0 spiro atoms. The maximum absolute atomic E-state index is 8.93. The first-order valence-corrected chi connectivity index (χ1v) is 9.42. The van der Waals surface area contributed by atoms with Crippen molar-refractivity contribution in [3.05, 3.63) is 83.8 Å². The van der Waals surface area contributed by atoms with E-state index in [1.807, 2.05) is 72.2 Å². The zero-order chi connectivity index (χ0) is 18.6. The van der Waals surface area contributed by atoms with Crippen molar-refractivity contribution in [1.29, 1.82) is 5.26 Å². The minimum absolute atomic E-state index is 0.661. The summed E-state index contributed by atoms with van der Waals surface area (Å²) in [4.78, 5) is 0. The maximum Gasteiger partial charge on any atom is 0.196 e. The fourth-order valence-electron chi connectivity index (χ4n) is 2.79. The van der Waals surface area contributed by atoms with E-state index < -0.39 is 0 Å². The van der Waals surface area contributed by atoms with E-state index in [0.29, 0.717) is 5.56 Å². The Morgan fingerprint density at radius 3 is 2.48 bits per heavy atom. The van der Waals surface area contributed by atoms with Crippen LogP contribution in [0, 0.1) is 18.3 Å². The van der Waals surface area contributed by atoms with Gasteiger partial charge in [-0.25, -0.2) is 0 Å². The van der Waals surface area contributed by atoms with Crippen LogP contribution in [0.5, 0.6) is 0 Å². The molecular weight excluding hydrogens is 356 g/mol. The molecule has 5 nitrogen and oxygen atoms in total. The molecule has 0 atom stereocenters. The predicted molar refractivity (Wildman–Crippen MR) is 105 cm³/mol. The van der Waals surface area contributed by atoms with Crippen LogP contribution in [-0.2, 0) is 5.75 Å². The number of hydrogen-bond donors (Lipinski definition) is 0. The van der Waals surface area contributed by atoms with Crippen LogP contribution in [0.15, 0.2) is 76.5 Å². The molecule has 2 aromatic heterocycles.